The van der Waals surface area contributed by atoms with Gasteiger partial charge in [0.15, 0.2) is 0 Å². The predicted molar refractivity (Wildman–Crippen MR) is 79.6 cm³/mol. The molecule has 2 aromatic rings. The first kappa shape index (κ1) is 15.0. The maximum absolute atomic E-state index is 13.8. The average molecular weight is 358 g/mol. The van der Waals surface area contributed by atoms with Crippen molar-refractivity contribution in [3.63, 3.8) is 0 Å². The quantitative estimate of drug-likeness (QED) is 0.864. The summed E-state index contributed by atoms with van der Waals surface area (Å²) in [6.07, 6.45) is 0.0460. The van der Waals surface area contributed by atoms with E-state index in [0.717, 1.165) is 0 Å². The summed E-state index contributed by atoms with van der Waals surface area (Å²) >= 11 is 9.29. The largest absolute Gasteiger partial charge is 0.481 e. The number of hydrogen-bond acceptors (Lipinski definition) is 1. The Hall–Kier alpha value is -1.39. The standard InChI is InChI=1S/C15H11BrClFO2/c16-10-5-6-14(18)9(7-10)8-12(15(19)20)11-3-1-2-4-13(11)17/h1-7,12H,8H2,(H,19,20). The van der Waals surface area contributed by atoms with Crippen LogP contribution in [-0.4, -0.2) is 11.1 Å². The first-order chi connectivity index (χ1) is 9.49. The third-order valence-electron chi connectivity index (χ3n) is 3.01. The molecular weight excluding hydrogens is 347 g/mol. The van der Waals surface area contributed by atoms with Gasteiger partial charge in [-0.15, -0.1) is 0 Å². The highest BCUT2D eigenvalue weighted by Crippen LogP contribution is 2.29. The lowest BCUT2D eigenvalue weighted by molar-refractivity contribution is -0.138. The van der Waals surface area contributed by atoms with E-state index >= 15 is 0 Å². The summed E-state index contributed by atoms with van der Waals surface area (Å²) in [5.41, 5.74) is 0.827. The van der Waals surface area contributed by atoms with Crippen LogP contribution in [-0.2, 0) is 11.2 Å². The van der Waals surface area contributed by atoms with E-state index in [-0.39, 0.29) is 6.42 Å². The van der Waals surface area contributed by atoms with E-state index in [2.05, 4.69) is 15.9 Å². The van der Waals surface area contributed by atoms with Crippen molar-refractivity contribution in [1.82, 2.24) is 0 Å². The highest BCUT2D eigenvalue weighted by atomic mass is 79.9. The molecule has 0 amide bonds. The summed E-state index contributed by atoms with van der Waals surface area (Å²) in [4.78, 5) is 11.5. The fourth-order valence-electron chi connectivity index (χ4n) is 2.01. The van der Waals surface area contributed by atoms with Gasteiger partial charge in [-0.3, -0.25) is 4.79 Å². The molecule has 0 radical (unpaired) electrons. The van der Waals surface area contributed by atoms with Crippen molar-refractivity contribution in [2.24, 2.45) is 0 Å². The van der Waals surface area contributed by atoms with Gasteiger partial charge in [-0.1, -0.05) is 45.7 Å². The summed E-state index contributed by atoms with van der Waals surface area (Å²) in [7, 11) is 0. The van der Waals surface area contributed by atoms with Crippen molar-refractivity contribution in [1.29, 1.82) is 0 Å². The lowest BCUT2D eigenvalue weighted by Crippen LogP contribution is -2.15. The normalized spacial score (nSPS) is 12.2. The van der Waals surface area contributed by atoms with Crippen LogP contribution in [0.15, 0.2) is 46.9 Å². The Bertz CT molecular complexity index is 646. The van der Waals surface area contributed by atoms with E-state index in [9.17, 15) is 14.3 Å². The maximum atomic E-state index is 13.8. The van der Waals surface area contributed by atoms with Crippen LogP contribution in [0.5, 0.6) is 0 Å². The minimum absolute atomic E-state index is 0.0460. The predicted octanol–water partition coefficient (Wildman–Crippen LogP) is 4.65. The van der Waals surface area contributed by atoms with Crippen LogP contribution < -0.4 is 0 Å². The molecule has 1 atom stereocenters. The van der Waals surface area contributed by atoms with Gasteiger partial charge in [0.2, 0.25) is 0 Å². The molecule has 20 heavy (non-hydrogen) atoms. The van der Waals surface area contributed by atoms with Crippen LogP contribution >= 0.6 is 27.5 Å². The number of carboxylic acid groups (broad SMARTS) is 1. The van der Waals surface area contributed by atoms with E-state index in [1.165, 1.54) is 6.07 Å². The van der Waals surface area contributed by atoms with E-state index in [4.69, 9.17) is 11.6 Å². The van der Waals surface area contributed by atoms with Gasteiger partial charge in [0.05, 0.1) is 5.92 Å². The summed E-state index contributed by atoms with van der Waals surface area (Å²) < 4.78 is 14.5. The zero-order chi connectivity index (χ0) is 14.7. The van der Waals surface area contributed by atoms with Crippen molar-refractivity contribution < 1.29 is 14.3 Å². The zero-order valence-corrected chi connectivity index (χ0v) is 12.7. The molecule has 1 N–H and O–H groups in total. The second-order valence-corrected chi connectivity index (χ2v) is 5.68. The molecule has 0 fully saturated rings. The van der Waals surface area contributed by atoms with E-state index in [1.807, 2.05) is 0 Å². The number of hydrogen-bond donors (Lipinski definition) is 1. The van der Waals surface area contributed by atoms with Gasteiger partial charge in [0, 0.05) is 9.50 Å². The number of carbonyl (C=O) groups is 1. The van der Waals surface area contributed by atoms with Crippen molar-refractivity contribution in [3.8, 4) is 0 Å². The van der Waals surface area contributed by atoms with Crippen molar-refractivity contribution >= 4 is 33.5 Å². The highest BCUT2D eigenvalue weighted by molar-refractivity contribution is 9.10. The summed E-state index contributed by atoms with van der Waals surface area (Å²) in [5.74, 6) is -2.34. The summed E-state index contributed by atoms with van der Waals surface area (Å²) in [6.45, 7) is 0. The first-order valence-electron chi connectivity index (χ1n) is 5.90. The maximum Gasteiger partial charge on any atom is 0.311 e. The molecular formula is C15H11BrClFO2. The van der Waals surface area contributed by atoms with Gasteiger partial charge in [-0.2, -0.15) is 0 Å². The minimum atomic E-state index is -1.03. The monoisotopic (exact) mass is 356 g/mol. The van der Waals surface area contributed by atoms with Gasteiger partial charge >= 0.3 is 5.97 Å². The molecule has 1 unspecified atom stereocenters. The molecule has 0 spiro atoms. The Balaban J connectivity index is 2.38. The molecule has 0 aliphatic carbocycles. The number of carboxylic acids is 1. The number of rotatable bonds is 4. The molecule has 5 heteroatoms. The Kier molecular flexibility index (Phi) is 4.78. The van der Waals surface area contributed by atoms with Crippen LogP contribution in [0.25, 0.3) is 0 Å². The molecule has 2 aromatic carbocycles. The summed E-state index contributed by atoms with van der Waals surface area (Å²) in [5, 5.41) is 9.75. The lowest BCUT2D eigenvalue weighted by Gasteiger charge is -2.15. The number of halogens is 3. The zero-order valence-electron chi connectivity index (χ0n) is 10.3. The molecule has 0 heterocycles. The minimum Gasteiger partial charge on any atom is -0.481 e. The molecule has 0 bridgehead atoms. The van der Waals surface area contributed by atoms with E-state index in [0.29, 0.717) is 20.6 Å². The molecule has 0 aromatic heterocycles. The van der Waals surface area contributed by atoms with E-state index < -0.39 is 17.7 Å². The molecule has 0 aliphatic rings. The van der Waals surface area contributed by atoms with Gasteiger partial charge in [0.1, 0.15) is 5.82 Å². The van der Waals surface area contributed by atoms with Crippen LogP contribution in [0.1, 0.15) is 17.0 Å². The van der Waals surface area contributed by atoms with E-state index in [1.54, 1.807) is 36.4 Å². The van der Waals surface area contributed by atoms with Crippen LogP contribution in [0.4, 0.5) is 4.39 Å². The SMILES string of the molecule is O=C(O)C(Cc1cc(Br)ccc1F)c1ccccc1Cl. The van der Waals surface area contributed by atoms with Crippen molar-refractivity contribution in [2.45, 2.75) is 12.3 Å². The van der Waals surface area contributed by atoms with Crippen LogP contribution in [0, 0.1) is 5.82 Å². The molecule has 0 aliphatic heterocycles. The van der Waals surface area contributed by atoms with Gasteiger partial charge in [-0.05, 0) is 41.8 Å². The molecule has 2 rings (SSSR count). The Morgan fingerprint density at radius 1 is 1.30 bits per heavy atom. The lowest BCUT2D eigenvalue weighted by atomic mass is 9.92. The third-order valence-corrected chi connectivity index (χ3v) is 3.85. The smallest absolute Gasteiger partial charge is 0.311 e. The van der Waals surface area contributed by atoms with Crippen molar-refractivity contribution in [2.75, 3.05) is 0 Å². The Morgan fingerprint density at radius 2 is 2.00 bits per heavy atom. The van der Waals surface area contributed by atoms with Crippen LogP contribution in [0.2, 0.25) is 5.02 Å². The fraction of sp³-hybridized carbons (Fsp3) is 0.133. The third kappa shape index (κ3) is 3.38. The van der Waals surface area contributed by atoms with Crippen molar-refractivity contribution in [3.05, 3.63) is 68.9 Å². The molecule has 104 valence electrons. The topological polar surface area (TPSA) is 37.3 Å². The average Bonchev–Trinajstić information content (AvgIpc) is 2.40. The Morgan fingerprint density at radius 3 is 2.65 bits per heavy atom. The first-order valence-corrected chi connectivity index (χ1v) is 7.07. The van der Waals surface area contributed by atoms with Gasteiger partial charge in [0.25, 0.3) is 0 Å². The van der Waals surface area contributed by atoms with Gasteiger partial charge in [-0.25, -0.2) is 4.39 Å². The van der Waals surface area contributed by atoms with Crippen LogP contribution in [0.3, 0.4) is 0 Å². The Labute approximate surface area is 129 Å². The fourth-order valence-corrected chi connectivity index (χ4v) is 2.68. The summed E-state index contributed by atoms with van der Waals surface area (Å²) in [6, 6.07) is 11.2. The van der Waals surface area contributed by atoms with Gasteiger partial charge < -0.3 is 5.11 Å². The number of aliphatic carboxylic acids is 1. The molecule has 0 saturated heterocycles. The molecule has 0 saturated carbocycles. The highest BCUT2D eigenvalue weighted by Gasteiger charge is 2.23. The number of benzene rings is 2. The second kappa shape index (κ2) is 6.37. The molecule has 2 nitrogen and oxygen atoms in total. The second-order valence-electron chi connectivity index (χ2n) is 4.35.